The number of para-hydroxylation sites is 1. The molecule has 2 amide bonds. The van der Waals surface area contributed by atoms with Crippen LogP contribution in [0.5, 0.6) is 0 Å². The van der Waals surface area contributed by atoms with Crippen molar-refractivity contribution in [3.63, 3.8) is 0 Å². The summed E-state index contributed by atoms with van der Waals surface area (Å²) in [6, 6.07) is 10.2. The summed E-state index contributed by atoms with van der Waals surface area (Å²) in [5.74, 6) is -0.485. The van der Waals surface area contributed by atoms with Gasteiger partial charge in [-0.2, -0.15) is 13.2 Å². The predicted octanol–water partition coefficient (Wildman–Crippen LogP) is 3.81. The smallest absolute Gasteiger partial charge is 0.418 e. The van der Waals surface area contributed by atoms with E-state index in [0.717, 1.165) is 6.07 Å². The Morgan fingerprint density at radius 1 is 1.04 bits per heavy atom. The van der Waals surface area contributed by atoms with E-state index in [2.05, 4.69) is 15.4 Å². The maximum atomic E-state index is 12.9. The molecule has 2 aromatic rings. The number of alkyl halides is 3. The highest BCUT2D eigenvalue weighted by Gasteiger charge is 2.33. The average molecular weight is 352 g/mol. The largest absolute Gasteiger partial charge is 0.465 e. The molecule has 2 N–H and O–H groups in total. The second-order valence-electron chi connectivity index (χ2n) is 5.04. The third kappa shape index (κ3) is 4.97. The number of hydrogen-bond donors (Lipinski definition) is 2. The fraction of sp³-hybridized carbons (Fsp3) is 0.176. The summed E-state index contributed by atoms with van der Waals surface area (Å²) in [7, 11) is 1.26. The Kier molecular flexibility index (Phi) is 5.63. The lowest BCUT2D eigenvalue weighted by Gasteiger charge is -2.14. The fourth-order valence-corrected chi connectivity index (χ4v) is 2.06. The van der Waals surface area contributed by atoms with Crippen LogP contribution in [-0.2, 0) is 17.5 Å². The Morgan fingerprint density at radius 2 is 1.68 bits per heavy atom. The van der Waals surface area contributed by atoms with Gasteiger partial charge in [-0.05, 0) is 29.8 Å². The molecular weight excluding hydrogens is 337 g/mol. The molecule has 0 bridgehead atoms. The highest BCUT2D eigenvalue weighted by molar-refractivity contribution is 5.90. The second-order valence-corrected chi connectivity index (χ2v) is 5.04. The van der Waals surface area contributed by atoms with Gasteiger partial charge in [0.2, 0.25) is 0 Å². The molecule has 0 heterocycles. The van der Waals surface area contributed by atoms with E-state index in [1.54, 1.807) is 12.1 Å². The lowest BCUT2D eigenvalue weighted by molar-refractivity contribution is -0.136. The van der Waals surface area contributed by atoms with E-state index in [1.807, 2.05) is 0 Å². The zero-order valence-electron chi connectivity index (χ0n) is 13.2. The normalized spacial score (nSPS) is 10.9. The Labute approximate surface area is 141 Å². The molecule has 0 saturated carbocycles. The Hall–Kier alpha value is -3.03. The number of benzene rings is 2. The first-order valence-corrected chi connectivity index (χ1v) is 7.19. The van der Waals surface area contributed by atoms with Crippen LogP contribution in [0.15, 0.2) is 48.5 Å². The number of esters is 1. The summed E-state index contributed by atoms with van der Waals surface area (Å²) >= 11 is 0. The van der Waals surface area contributed by atoms with Gasteiger partial charge in [-0.15, -0.1) is 0 Å². The first-order chi connectivity index (χ1) is 11.8. The van der Waals surface area contributed by atoms with Crippen LogP contribution >= 0.6 is 0 Å². The van der Waals surface area contributed by atoms with Crippen LogP contribution in [0.3, 0.4) is 0 Å². The maximum Gasteiger partial charge on any atom is 0.418 e. The van der Waals surface area contributed by atoms with E-state index in [1.165, 1.54) is 37.4 Å². The van der Waals surface area contributed by atoms with Crippen molar-refractivity contribution in [2.24, 2.45) is 0 Å². The molecule has 25 heavy (non-hydrogen) atoms. The van der Waals surface area contributed by atoms with E-state index in [-0.39, 0.29) is 12.2 Å². The minimum Gasteiger partial charge on any atom is -0.465 e. The molecule has 2 rings (SSSR count). The lowest BCUT2D eigenvalue weighted by Crippen LogP contribution is -2.29. The van der Waals surface area contributed by atoms with Crippen LogP contribution < -0.4 is 10.6 Å². The van der Waals surface area contributed by atoms with Crippen molar-refractivity contribution in [3.05, 3.63) is 65.2 Å². The Morgan fingerprint density at radius 3 is 2.28 bits per heavy atom. The van der Waals surface area contributed by atoms with Gasteiger partial charge in [-0.25, -0.2) is 9.59 Å². The van der Waals surface area contributed by atoms with Crippen molar-refractivity contribution in [2.45, 2.75) is 12.7 Å². The summed E-state index contributed by atoms with van der Waals surface area (Å²) in [6.45, 7) is 0.0848. The molecule has 0 atom stereocenters. The number of halogens is 3. The molecule has 8 heteroatoms. The molecule has 132 valence electrons. The summed E-state index contributed by atoms with van der Waals surface area (Å²) in [5.41, 5.74) is -0.220. The zero-order valence-corrected chi connectivity index (χ0v) is 13.2. The molecule has 2 aromatic carbocycles. The van der Waals surface area contributed by atoms with Gasteiger partial charge >= 0.3 is 18.2 Å². The molecular formula is C17H15F3N2O3. The molecule has 0 radical (unpaired) electrons. The van der Waals surface area contributed by atoms with Crippen molar-refractivity contribution in [1.29, 1.82) is 0 Å². The van der Waals surface area contributed by atoms with Crippen molar-refractivity contribution < 1.29 is 27.5 Å². The van der Waals surface area contributed by atoms with Crippen LogP contribution in [-0.4, -0.2) is 19.1 Å². The van der Waals surface area contributed by atoms with Crippen molar-refractivity contribution in [2.75, 3.05) is 12.4 Å². The first kappa shape index (κ1) is 18.3. The van der Waals surface area contributed by atoms with E-state index in [9.17, 15) is 22.8 Å². The summed E-state index contributed by atoms with van der Waals surface area (Å²) < 4.78 is 43.2. The summed E-state index contributed by atoms with van der Waals surface area (Å²) in [6.07, 6.45) is -4.56. The fourth-order valence-electron chi connectivity index (χ4n) is 2.06. The van der Waals surface area contributed by atoms with E-state index < -0.39 is 23.7 Å². The average Bonchev–Trinajstić information content (AvgIpc) is 2.59. The van der Waals surface area contributed by atoms with Gasteiger partial charge in [0.15, 0.2) is 0 Å². The number of hydrogen-bond acceptors (Lipinski definition) is 3. The number of rotatable bonds is 4. The van der Waals surface area contributed by atoms with Crippen molar-refractivity contribution in [1.82, 2.24) is 5.32 Å². The molecule has 0 fully saturated rings. The van der Waals surface area contributed by atoms with Gasteiger partial charge < -0.3 is 15.4 Å². The van der Waals surface area contributed by atoms with E-state index in [0.29, 0.717) is 11.1 Å². The quantitative estimate of drug-likeness (QED) is 0.822. The third-order valence-electron chi connectivity index (χ3n) is 3.31. The topological polar surface area (TPSA) is 67.4 Å². The Bertz CT molecular complexity index is 758. The maximum absolute atomic E-state index is 12.9. The lowest BCUT2D eigenvalue weighted by atomic mass is 10.1. The monoisotopic (exact) mass is 352 g/mol. The van der Waals surface area contributed by atoms with Crippen molar-refractivity contribution in [3.8, 4) is 0 Å². The van der Waals surface area contributed by atoms with Crippen LogP contribution in [0.25, 0.3) is 0 Å². The van der Waals surface area contributed by atoms with E-state index >= 15 is 0 Å². The molecule has 0 aromatic heterocycles. The SMILES string of the molecule is COC(=O)c1ccc(CNC(=O)Nc2ccccc2C(F)(F)F)cc1. The first-order valence-electron chi connectivity index (χ1n) is 7.19. The second kappa shape index (κ2) is 7.69. The van der Waals surface area contributed by atoms with Crippen LogP contribution in [0.4, 0.5) is 23.7 Å². The molecule has 5 nitrogen and oxygen atoms in total. The van der Waals surface area contributed by atoms with Gasteiger partial charge in [-0.1, -0.05) is 24.3 Å². The van der Waals surface area contributed by atoms with Crippen LogP contribution in [0.2, 0.25) is 0 Å². The van der Waals surface area contributed by atoms with E-state index in [4.69, 9.17) is 0 Å². The van der Waals surface area contributed by atoms with Crippen LogP contribution in [0, 0.1) is 0 Å². The number of nitrogens with one attached hydrogen (secondary N) is 2. The van der Waals surface area contributed by atoms with Crippen molar-refractivity contribution >= 4 is 17.7 Å². The van der Waals surface area contributed by atoms with Gasteiger partial charge in [0.1, 0.15) is 0 Å². The summed E-state index contributed by atoms with van der Waals surface area (Å²) in [5, 5.41) is 4.64. The minimum absolute atomic E-state index is 0.0848. The molecule has 0 aliphatic heterocycles. The number of urea groups is 1. The molecule has 0 aliphatic rings. The predicted molar refractivity (Wildman–Crippen MR) is 85.1 cm³/mol. The highest BCUT2D eigenvalue weighted by Crippen LogP contribution is 2.34. The highest BCUT2D eigenvalue weighted by atomic mass is 19.4. The van der Waals surface area contributed by atoms with Crippen LogP contribution in [0.1, 0.15) is 21.5 Å². The number of methoxy groups -OCH3 is 1. The molecule has 0 aliphatic carbocycles. The number of amides is 2. The van der Waals surface area contributed by atoms with Gasteiger partial charge in [0.25, 0.3) is 0 Å². The number of carbonyl (C=O) groups excluding carboxylic acids is 2. The zero-order chi connectivity index (χ0) is 18.4. The van der Waals surface area contributed by atoms with Gasteiger partial charge in [0.05, 0.1) is 23.9 Å². The standard InChI is InChI=1S/C17H15F3N2O3/c1-25-15(23)12-8-6-11(7-9-12)10-21-16(24)22-14-5-3-2-4-13(14)17(18,19)20/h2-9H,10H2,1H3,(H2,21,22,24). The Balaban J connectivity index is 1.97. The molecule has 0 spiro atoms. The number of anilines is 1. The third-order valence-corrected chi connectivity index (χ3v) is 3.31. The summed E-state index contributed by atoms with van der Waals surface area (Å²) in [4.78, 5) is 23.1. The number of ether oxygens (including phenoxy) is 1. The van der Waals surface area contributed by atoms with Gasteiger partial charge in [-0.3, -0.25) is 0 Å². The van der Waals surface area contributed by atoms with Gasteiger partial charge in [0, 0.05) is 6.54 Å². The molecule has 0 saturated heterocycles. The minimum atomic E-state index is -4.56. The molecule has 0 unspecified atom stereocenters. The number of carbonyl (C=O) groups is 2.